The highest BCUT2D eigenvalue weighted by molar-refractivity contribution is 5.94. The summed E-state index contributed by atoms with van der Waals surface area (Å²) in [6, 6.07) is 7.20. The number of amides is 2. The zero-order valence-electron chi connectivity index (χ0n) is 20.3. The highest BCUT2D eigenvalue weighted by Gasteiger charge is 2.53. The Morgan fingerprint density at radius 1 is 1.15 bits per heavy atom. The summed E-state index contributed by atoms with van der Waals surface area (Å²) < 4.78 is 0. The molecule has 34 heavy (non-hydrogen) atoms. The van der Waals surface area contributed by atoms with Crippen molar-refractivity contribution in [3.05, 3.63) is 60.2 Å². The van der Waals surface area contributed by atoms with Gasteiger partial charge in [-0.2, -0.15) is 0 Å². The van der Waals surface area contributed by atoms with Crippen LogP contribution in [0.15, 0.2) is 49.1 Å². The van der Waals surface area contributed by atoms with Crippen molar-refractivity contribution in [2.45, 2.75) is 65.1 Å². The molecule has 2 fully saturated rings. The zero-order valence-corrected chi connectivity index (χ0v) is 20.3. The summed E-state index contributed by atoms with van der Waals surface area (Å²) in [5.41, 5.74) is 1.56. The molecule has 0 saturated heterocycles. The minimum absolute atomic E-state index is 0.0122. The van der Waals surface area contributed by atoms with Crippen LogP contribution in [0.4, 0.5) is 0 Å². The smallest absolute Gasteiger partial charge is 0.251 e. The zero-order chi connectivity index (χ0) is 24.3. The number of pyridine rings is 2. The van der Waals surface area contributed by atoms with E-state index in [0.29, 0.717) is 12.1 Å². The molecule has 0 bridgehead atoms. The topological polar surface area (TPSA) is 104 Å². The quantitative estimate of drug-likeness (QED) is 0.608. The van der Waals surface area contributed by atoms with Crippen molar-refractivity contribution in [1.82, 2.24) is 20.6 Å². The summed E-state index contributed by atoms with van der Waals surface area (Å²) in [4.78, 5) is 33.8. The Morgan fingerprint density at radius 3 is 2.59 bits per heavy atom. The first-order valence-electron chi connectivity index (χ1n) is 12.4. The van der Waals surface area contributed by atoms with Gasteiger partial charge in [0.2, 0.25) is 5.91 Å². The third-order valence-corrected chi connectivity index (χ3v) is 8.39. The number of aliphatic hydroxyl groups is 1. The Morgan fingerprint density at radius 2 is 1.88 bits per heavy atom. The number of carbonyl (C=O) groups is 2. The van der Waals surface area contributed by atoms with Crippen molar-refractivity contribution in [3.8, 4) is 0 Å². The molecule has 2 saturated carbocycles. The molecule has 7 heteroatoms. The number of nitrogens with one attached hydrogen (secondary N) is 2. The van der Waals surface area contributed by atoms with E-state index < -0.39 is 6.10 Å². The molecule has 0 aromatic carbocycles. The maximum atomic E-state index is 12.9. The molecule has 0 spiro atoms. The maximum Gasteiger partial charge on any atom is 0.251 e. The van der Waals surface area contributed by atoms with Gasteiger partial charge in [0.25, 0.3) is 5.91 Å². The van der Waals surface area contributed by atoms with Crippen LogP contribution >= 0.6 is 0 Å². The van der Waals surface area contributed by atoms with Gasteiger partial charge in [0.05, 0.1) is 6.10 Å². The molecule has 2 heterocycles. The number of nitrogens with zero attached hydrogens (tertiary/aromatic N) is 2. The molecule has 2 aliphatic carbocycles. The van der Waals surface area contributed by atoms with E-state index in [0.717, 1.165) is 31.2 Å². The number of rotatable bonds is 6. The molecule has 4 rings (SSSR count). The first kappa shape index (κ1) is 24.3. The maximum absolute atomic E-state index is 12.9. The molecule has 2 amide bonds. The molecule has 182 valence electrons. The third kappa shape index (κ3) is 4.99. The van der Waals surface area contributed by atoms with E-state index in [1.807, 2.05) is 19.1 Å². The summed E-state index contributed by atoms with van der Waals surface area (Å²) in [6.07, 6.45) is 9.76. The second-order valence-corrected chi connectivity index (χ2v) is 10.5. The molecule has 0 radical (unpaired) electrons. The molecular weight excluding hydrogens is 428 g/mol. The lowest BCUT2D eigenvalue weighted by Gasteiger charge is -2.56. The van der Waals surface area contributed by atoms with Gasteiger partial charge in [-0.05, 0) is 72.6 Å². The number of hydrogen-bond donors (Lipinski definition) is 3. The van der Waals surface area contributed by atoms with Crippen molar-refractivity contribution in [2.75, 3.05) is 0 Å². The lowest BCUT2D eigenvalue weighted by molar-refractivity contribution is -0.142. The van der Waals surface area contributed by atoms with E-state index in [2.05, 4.69) is 34.4 Å². The Balaban J connectivity index is 1.42. The number of aromatic nitrogens is 2. The first-order valence-corrected chi connectivity index (χ1v) is 12.4. The number of aliphatic hydroxyl groups excluding tert-OH is 1. The fourth-order valence-corrected chi connectivity index (χ4v) is 6.30. The Labute approximate surface area is 201 Å². The highest BCUT2D eigenvalue weighted by Crippen LogP contribution is 2.55. The fourth-order valence-electron chi connectivity index (χ4n) is 6.30. The van der Waals surface area contributed by atoms with Gasteiger partial charge in [-0.3, -0.25) is 19.6 Å². The molecule has 0 unspecified atom stereocenters. The van der Waals surface area contributed by atoms with Gasteiger partial charge >= 0.3 is 0 Å². The van der Waals surface area contributed by atoms with Crippen molar-refractivity contribution >= 4 is 11.8 Å². The van der Waals surface area contributed by atoms with Crippen molar-refractivity contribution < 1.29 is 14.7 Å². The summed E-state index contributed by atoms with van der Waals surface area (Å²) in [7, 11) is 0. The summed E-state index contributed by atoms with van der Waals surface area (Å²) in [5, 5.41) is 17.8. The molecule has 2 aromatic heterocycles. The van der Waals surface area contributed by atoms with Gasteiger partial charge in [0.1, 0.15) is 0 Å². The molecular formula is C27H36N4O3. The first-order chi connectivity index (χ1) is 16.3. The van der Waals surface area contributed by atoms with Crippen molar-refractivity contribution in [3.63, 3.8) is 0 Å². The highest BCUT2D eigenvalue weighted by atomic mass is 16.3. The van der Waals surface area contributed by atoms with Gasteiger partial charge in [0, 0.05) is 48.9 Å². The average molecular weight is 465 g/mol. The van der Waals surface area contributed by atoms with Gasteiger partial charge in [-0.15, -0.1) is 0 Å². The second-order valence-electron chi connectivity index (χ2n) is 10.5. The second kappa shape index (κ2) is 10.2. The van der Waals surface area contributed by atoms with E-state index in [1.54, 1.807) is 36.9 Å². The number of carbonyl (C=O) groups excluding carboxylic acids is 2. The monoisotopic (exact) mass is 464 g/mol. The van der Waals surface area contributed by atoms with Crippen molar-refractivity contribution in [1.29, 1.82) is 0 Å². The molecule has 2 aromatic rings. The van der Waals surface area contributed by atoms with E-state index >= 15 is 0 Å². The molecule has 7 atom stereocenters. The van der Waals surface area contributed by atoms with Gasteiger partial charge in [0.15, 0.2) is 0 Å². The predicted molar refractivity (Wildman–Crippen MR) is 129 cm³/mol. The average Bonchev–Trinajstić information content (AvgIpc) is 2.85. The Bertz CT molecular complexity index is 986. The molecule has 0 aliphatic heterocycles. The Kier molecular flexibility index (Phi) is 7.31. The lowest BCUT2D eigenvalue weighted by atomic mass is 9.51. The largest absolute Gasteiger partial charge is 0.392 e. The lowest BCUT2D eigenvalue weighted by Crippen LogP contribution is -2.58. The van der Waals surface area contributed by atoms with Gasteiger partial charge < -0.3 is 15.7 Å². The van der Waals surface area contributed by atoms with Crippen LogP contribution in [0.1, 0.15) is 62.4 Å². The van der Waals surface area contributed by atoms with E-state index in [-0.39, 0.29) is 46.9 Å². The van der Waals surface area contributed by atoms with Crippen LogP contribution in [0.3, 0.4) is 0 Å². The van der Waals surface area contributed by atoms with E-state index in [9.17, 15) is 14.7 Å². The molecule has 7 nitrogen and oxygen atoms in total. The Hall–Kier alpha value is -2.80. The minimum Gasteiger partial charge on any atom is -0.392 e. The number of fused-ring (bicyclic) bond motifs is 1. The summed E-state index contributed by atoms with van der Waals surface area (Å²) in [6.45, 7) is 6.76. The molecule has 2 aliphatic rings. The van der Waals surface area contributed by atoms with Crippen LogP contribution in [0, 0.1) is 29.1 Å². The predicted octanol–water partition coefficient (Wildman–Crippen LogP) is 3.35. The standard InChI is InChI=1S/C27H36N4O3/c1-17(25(33)30-16-19-5-4-12-29-15-19)21-6-10-27(3)11-7-22(18(2)23(27)24(21)32)31-26(34)20-8-13-28-14-9-20/h4-5,8-9,12-15,17-18,21-24,32H,6-7,10-11,16H2,1-3H3,(H,30,33)(H,31,34)/t17-,18-,21+,22-,23+,24-,27+/m0/s1. The fraction of sp³-hybridized carbons (Fsp3) is 0.556. The van der Waals surface area contributed by atoms with Crippen LogP contribution < -0.4 is 10.6 Å². The normalized spacial score (nSPS) is 31.7. The number of hydrogen-bond acceptors (Lipinski definition) is 5. The van der Waals surface area contributed by atoms with Crippen molar-refractivity contribution in [2.24, 2.45) is 29.1 Å². The van der Waals surface area contributed by atoms with Crippen LogP contribution in [0.25, 0.3) is 0 Å². The van der Waals surface area contributed by atoms with E-state index in [1.165, 1.54) is 0 Å². The van der Waals surface area contributed by atoms with Gasteiger partial charge in [-0.1, -0.05) is 26.8 Å². The van der Waals surface area contributed by atoms with Crippen LogP contribution in [0.5, 0.6) is 0 Å². The molecule has 3 N–H and O–H groups in total. The summed E-state index contributed by atoms with van der Waals surface area (Å²) in [5.74, 6) is -0.418. The third-order valence-electron chi connectivity index (χ3n) is 8.39. The SMILES string of the molecule is C[C@@H]1[C@@H]2[C@@H](O)[C@@H]([C@H](C)C(=O)NCc3cccnc3)CC[C@]2(C)CC[C@@H]1NC(=O)c1ccncc1. The summed E-state index contributed by atoms with van der Waals surface area (Å²) >= 11 is 0. The minimum atomic E-state index is -0.589. The van der Waals surface area contributed by atoms with Gasteiger partial charge in [-0.25, -0.2) is 0 Å². The van der Waals surface area contributed by atoms with E-state index in [4.69, 9.17) is 0 Å². The van der Waals surface area contributed by atoms with Crippen LogP contribution in [-0.2, 0) is 11.3 Å². The van der Waals surface area contributed by atoms with Crippen LogP contribution in [0.2, 0.25) is 0 Å². The van der Waals surface area contributed by atoms with Crippen LogP contribution in [-0.4, -0.2) is 39.0 Å².